The lowest BCUT2D eigenvalue weighted by atomic mass is 9.99. The van der Waals surface area contributed by atoms with Crippen LogP contribution < -0.4 is 4.90 Å². The highest BCUT2D eigenvalue weighted by atomic mass is 35.5. The molecule has 0 spiro atoms. The van der Waals surface area contributed by atoms with E-state index in [-0.39, 0.29) is 0 Å². The summed E-state index contributed by atoms with van der Waals surface area (Å²) in [6.07, 6.45) is 1.12. The Balaban J connectivity index is 1.86. The summed E-state index contributed by atoms with van der Waals surface area (Å²) in [6, 6.07) is 16.8. The van der Waals surface area contributed by atoms with E-state index in [1.54, 1.807) is 0 Å². The van der Waals surface area contributed by atoms with Crippen LogP contribution in [0.2, 0.25) is 5.02 Å². The van der Waals surface area contributed by atoms with Crippen LogP contribution in [0.3, 0.4) is 0 Å². The maximum absolute atomic E-state index is 5.91. The molecular formula is C15H14ClN. The second-order valence-electron chi connectivity index (χ2n) is 4.42. The van der Waals surface area contributed by atoms with Gasteiger partial charge in [-0.1, -0.05) is 35.9 Å². The first kappa shape index (κ1) is 10.7. The van der Waals surface area contributed by atoms with Gasteiger partial charge in [0.15, 0.2) is 0 Å². The molecule has 2 heteroatoms. The Labute approximate surface area is 107 Å². The molecule has 0 amide bonds. The second-order valence-corrected chi connectivity index (χ2v) is 4.85. The Morgan fingerprint density at radius 3 is 2.35 bits per heavy atom. The smallest absolute Gasteiger partial charge is 0.0432 e. The van der Waals surface area contributed by atoms with Crippen LogP contribution in [0.15, 0.2) is 48.5 Å². The molecule has 17 heavy (non-hydrogen) atoms. The molecule has 1 aliphatic heterocycles. The molecule has 1 heterocycles. The summed E-state index contributed by atoms with van der Waals surface area (Å²) in [4.78, 5) is 2.40. The van der Waals surface area contributed by atoms with E-state index in [4.69, 9.17) is 11.6 Å². The summed E-state index contributed by atoms with van der Waals surface area (Å²) in [5, 5.41) is 0.797. The Bertz CT molecular complexity index is 519. The van der Waals surface area contributed by atoms with Gasteiger partial charge in [-0.3, -0.25) is 0 Å². The average Bonchev–Trinajstić information content (AvgIpc) is 2.39. The van der Waals surface area contributed by atoms with Crippen molar-refractivity contribution in [3.8, 4) is 0 Å². The number of hydrogen-bond acceptors (Lipinski definition) is 1. The second kappa shape index (κ2) is 4.42. The van der Waals surface area contributed by atoms with Crippen LogP contribution >= 0.6 is 11.6 Å². The molecule has 1 nitrogen and oxygen atoms in total. The quantitative estimate of drug-likeness (QED) is 0.734. The van der Waals surface area contributed by atoms with Gasteiger partial charge < -0.3 is 4.90 Å². The fraction of sp³-hybridized carbons (Fsp3) is 0.200. The van der Waals surface area contributed by atoms with Crippen LogP contribution in [0, 0.1) is 0 Å². The van der Waals surface area contributed by atoms with Gasteiger partial charge in [-0.2, -0.15) is 0 Å². The van der Waals surface area contributed by atoms with Crippen LogP contribution in [0.4, 0.5) is 5.69 Å². The monoisotopic (exact) mass is 243 g/mol. The van der Waals surface area contributed by atoms with E-state index in [9.17, 15) is 0 Å². The van der Waals surface area contributed by atoms with Gasteiger partial charge in [0, 0.05) is 23.8 Å². The van der Waals surface area contributed by atoms with Gasteiger partial charge in [0.2, 0.25) is 0 Å². The number of halogens is 1. The molecule has 0 bridgehead atoms. The maximum atomic E-state index is 5.91. The van der Waals surface area contributed by atoms with Crippen LogP contribution in [-0.2, 0) is 13.0 Å². The summed E-state index contributed by atoms with van der Waals surface area (Å²) >= 11 is 5.91. The number of anilines is 1. The third-order valence-corrected chi connectivity index (χ3v) is 3.57. The first-order valence-electron chi connectivity index (χ1n) is 5.90. The highest BCUT2D eigenvalue weighted by Gasteiger charge is 2.15. The molecule has 86 valence electrons. The van der Waals surface area contributed by atoms with Gasteiger partial charge in [0.25, 0.3) is 0 Å². The Kier molecular flexibility index (Phi) is 2.77. The molecule has 0 fully saturated rings. The van der Waals surface area contributed by atoms with Crippen LogP contribution in [-0.4, -0.2) is 6.54 Å². The number of fused-ring (bicyclic) bond motifs is 1. The maximum Gasteiger partial charge on any atom is 0.0432 e. The predicted molar refractivity (Wildman–Crippen MR) is 72.6 cm³/mol. The van der Waals surface area contributed by atoms with E-state index in [0.717, 1.165) is 24.5 Å². The molecule has 0 saturated heterocycles. The molecule has 0 unspecified atom stereocenters. The van der Waals surface area contributed by atoms with E-state index in [1.807, 2.05) is 12.1 Å². The zero-order valence-corrected chi connectivity index (χ0v) is 10.3. The van der Waals surface area contributed by atoms with Crippen molar-refractivity contribution < 1.29 is 0 Å². The molecule has 0 aromatic heterocycles. The normalized spacial score (nSPS) is 14.5. The van der Waals surface area contributed by atoms with Crippen molar-refractivity contribution in [2.24, 2.45) is 0 Å². The summed E-state index contributed by atoms with van der Waals surface area (Å²) in [5.41, 5.74) is 4.18. The largest absolute Gasteiger partial charge is 0.367 e. The minimum absolute atomic E-state index is 0.797. The average molecular weight is 244 g/mol. The van der Waals surface area contributed by atoms with Crippen molar-refractivity contribution >= 4 is 17.3 Å². The van der Waals surface area contributed by atoms with E-state index >= 15 is 0 Å². The van der Waals surface area contributed by atoms with Crippen LogP contribution in [0.25, 0.3) is 0 Å². The van der Waals surface area contributed by atoms with E-state index in [0.29, 0.717) is 0 Å². The predicted octanol–water partition coefficient (Wildman–Crippen LogP) is 3.90. The van der Waals surface area contributed by atoms with E-state index in [2.05, 4.69) is 41.3 Å². The summed E-state index contributed by atoms with van der Waals surface area (Å²) < 4.78 is 0. The van der Waals surface area contributed by atoms with Crippen LogP contribution in [0.1, 0.15) is 11.1 Å². The topological polar surface area (TPSA) is 3.24 Å². The first-order valence-corrected chi connectivity index (χ1v) is 6.28. The Morgan fingerprint density at radius 1 is 0.882 bits per heavy atom. The molecule has 2 aromatic carbocycles. The molecule has 1 aliphatic rings. The van der Waals surface area contributed by atoms with E-state index in [1.165, 1.54) is 16.8 Å². The molecule has 0 atom stereocenters. The van der Waals surface area contributed by atoms with Crippen LogP contribution in [0.5, 0.6) is 0 Å². The first-order chi connectivity index (χ1) is 8.33. The highest BCUT2D eigenvalue weighted by Crippen LogP contribution is 2.25. The van der Waals surface area contributed by atoms with Gasteiger partial charge in [0.1, 0.15) is 0 Å². The fourth-order valence-corrected chi connectivity index (χ4v) is 2.49. The molecular weight excluding hydrogens is 230 g/mol. The van der Waals surface area contributed by atoms with Crippen molar-refractivity contribution in [2.45, 2.75) is 13.0 Å². The molecule has 0 saturated carbocycles. The summed E-state index contributed by atoms with van der Waals surface area (Å²) in [6.45, 7) is 2.08. The number of nitrogens with zero attached hydrogens (tertiary/aromatic N) is 1. The highest BCUT2D eigenvalue weighted by molar-refractivity contribution is 6.30. The third kappa shape index (κ3) is 2.16. The van der Waals surface area contributed by atoms with Crippen molar-refractivity contribution in [1.29, 1.82) is 0 Å². The lowest BCUT2D eigenvalue weighted by Crippen LogP contribution is -2.30. The fourth-order valence-electron chi connectivity index (χ4n) is 2.37. The van der Waals surface area contributed by atoms with Crippen molar-refractivity contribution in [3.63, 3.8) is 0 Å². The molecule has 0 radical (unpaired) electrons. The molecule has 0 N–H and O–H groups in total. The minimum atomic E-state index is 0.797. The van der Waals surface area contributed by atoms with Gasteiger partial charge in [-0.25, -0.2) is 0 Å². The zero-order valence-electron chi connectivity index (χ0n) is 9.57. The van der Waals surface area contributed by atoms with E-state index < -0.39 is 0 Å². The summed E-state index contributed by atoms with van der Waals surface area (Å²) in [7, 11) is 0. The van der Waals surface area contributed by atoms with Gasteiger partial charge in [-0.05, 0) is 41.8 Å². The van der Waals surface area contributed by atoms with Gasteiger partial charge >= 0.3 is 0 Å². The number of benzene rings is 2. The molecule has 0 aliphatic carbocycles. The Hall–Kier alpha value is -1.47. The molecule has 3 rings (SSSR count). The van der Waals surface area contributed by atoms with Gasteiger partial charge in [-0.15, -0.1) is 0 Å². The number of hydrogen-bond donors (Lipinski definition) is 0. The third-order valence-electron chi connectivity index (χ3n) is 3.32. The van der Waals surface area contributed by atoms with Crippen molar-refractivity contribution in [3.05, 3.63) is 64.7 Å². The zero-order chi connectivity index (χ0) is 11.7. The standard InChI is InChI=1S/C15H14ClN/c16-14-5-7-15(8-6-14)17-10-9-12-3-1-2-4-13(12)11-17/h1-8H,9-11H2. The Morgan fingerprint density at radius 2 is 1.59 bits per heavy atom. The molecule has 2 aromatic rings. The van der Waals surface area contributed by atoms with Crippen molar-refractivity contribution in [2.75, 3.05) is 11.4 Å². The lowest BCUT2D eigenvalue weighted by Gasteiger charge is -2.30. The lowest BCUT2D eigenvalue weighted by molar-refractivity contribution is 0.732. The number of rotatable bonds is 1. The summed E-state index contributed by atoms with van der Waals surface area (Å²) in [5.74, 6) is 0. The SMILES string of the molecule is Clc1ccc(N2CCc3ccccc3C2)cc1. The van der Waals surface area contributed by atoms with Gasteiger partial charge in [0.05, 0.1) is 0 Å². The van der Waals surface area contributed by atoms with Crippen molar-refractivity contribution in [1.82, 2.24) is 0 Å². The minimum Gasteiger partial charge on any atom is -0.367 e.